The second kappa shape index (κ2) is 8.83. The molecule has 0 amide bonds. The van der Waals surface area contributed by atoms with Gasteiger partial charge >= 0.3 is 0 Å². The van der Waals surface area contributed by atoms with Crippen molar-refractivity contribution < 1.29 is 9.47 Å². The van der Waals surface area contributed by atoms with Crippen molar-refractivity contribution in [1.29, 1.82) is 0 Å². The molecule has 1 saturated carbocycles. The zero-order valence-corrected chi connectivity index (χ0v) is 21.0. The Bertz CT molecular complexity index is 1390. The molecule has 3 atom stereocenters. The van der Waals surface area contributed by atoms with E-state index in [0.717, 1.165) is 52.9 Å². The zero-order valence-electron chi connectivity index (χ0n) is 21.0. The van der Waals surface area contributed by atoms with Crippen molar-refractivity contribution in [3.05, 3.63) is 55.2 Å². The fourth-order valence-corrected chi connectivity index (χ4v) is 5.27. The van der Waals surface area contributed by atoms with Crippen molar-refractivity contribution in [1.82, 2.24) is 29.5 Å². The molecule has 2 aliphatic rings. The molecule has 1 aliphatic carbocycles. The molecular formula is C27H31N7O2. The third-order valence-corrected chi connectivity index (χ3v) is 6.91. The van der Waals surface area contributed by atoms with E-state index in [4.69, 9.17) is 19.4 Å². The molecule has 1 unspecified atom stereocenters. The summed E-state index contributed by atoms with van der Waals surface area (Å²) < 4.78 is 16.1. The summed E-state index contributed by atoms with van der Waals surface area (Å²) >= 11 is 0. The monoisotopic (exact) mass is 485 g/mol. The van der Waals surface area contributed by atoms with E-state index < -0.39 is 5.79 Å². The van der Waals surface area contributed by atoms with E-state index >= 15 is 0 Å². The molecule has 0 radical (unpaired) electrons. The van der Waals surface area contributed by atoms with E-state index in [1.54, 1.807) is 9.36 Å². The Hall–Kier alpha value is -3.56. The lowest BCUT2D eigenvalue weighted by molar-refractivity contribution is -0.146. The molecule has 0 bridgehead atoms. The first kappa shape index (κ1) is 22.9. The largest absolute Gasteiger partial charge is 0.364 e. The van der Waals surface area contributed by atoms with Gasteiger partial charge < -0.3 is 14.8 Å². The molecule has 9 heteroatoms. The molecule has 1 N–H and O–H groups in total. The molecule has 0 spiro atoms. The summed E-state index contributed by atoms with van der Waals surface area (Å²) in [5.41, 5.74) is 4.95. The van der Waals surface area contributed by atoms with Gasteiger partial charge in [-0.15, -0.1) is 0 Å². The van der Waals surface area contributed by atoms with E-state index in [1.807, 2.05) is 71.1 Å². The minimum Gasteiger partial charge on any atom is -0.364 e. The van der Waals surface area contributed by atoms with Crippen LogP contribution >= 0.6 is 0 Å². The summed E-state index contributed by atoms with van der Waals surface area (Å²) in [4.78, 5) is 9.79. The summed E-state index contributed by atoms with van der Waals surface area (Å²) in [5, 5.41) is 12.4. The van der Waals surface area contributed by atoms with Crippen LogP contribution in [-0.4, -0.2) is 53.6 Å². The first-order valence-corrected chi connectivity index (χ1v) is 12.4. The van der Waals surface area contributed by atoms with Gasteiger partial charge in [0.2, 0.25) is 0 Å². The van der Waals surface area contributed by atoms with Gasteiger partial charge in [-0.3, -0.25) is 9.36 Å². The van der Waals surface area contributed by atoms with Crippen LogP contribution < -0.4 is 5.32 Å². The average molecular weight is 486 g/mol. The molecule has 4 heterocycles. The van der Waals surface area contributed by atoms with Crippen LogP contribution in [-0.2, 0) is 23.6 Å². The predicted octanol–water partition coefficient (Wildman–Crippen LogP) is 4.43. The lowest BCUT2D eigenvalue weighted by Crippen LogP contribution is -2.44. The minimum atomic E-state index is -0.574. The Morgan fingerprint density at radius 3 is 2.42 bits per heavy atom. The first-order valence-electron chi connectivity index (χ1n) is 12.4. The summed E-state index contributed by atoms with van der Waals surface area (Å²) in [7, 11) is 3.83. The van der Waals surface area contributed by atoms with Gasteiger partial charge in [-0.2, -0.15) is 10.2 Å². The van der Waals surface area contributed by atoms with Crippen molar-refractivity contribution in [2.45, 2.75) is 57.1 Å². The second-order valence-corrected chi connectivity index (χ2v) is 10.2. The highest BCUT2D eigenvalue weighted by Crippen LogP contribution is 2.39. The highest BCUT2D eigenvalue weighted by molar-refractivity contribution is 5.76. The van der Waals surface area contributed by atoms with Crippen LogP contribution in [0.2, 0.25) is 0 Å². The molecule has 1 aliphatic heterocycles. The lowest BCUT2D eigenvalue weighted by Gasteiger charge is -2.32. The molecule has 6 rings (SSSR count). The highest BCUT2D eigenvalue weighted by Gasteiger charge is 2.47. The Kier molecular flexibility index (Phi) is 5.61. The van der Waals surface area contributed by atoms with E-state index in [0.29, 0.717) is 5.82 Å². The quantitative estimate of drug-likeness (QED) is 0.447. The smallest absolute Gasteiger partial charge is 0.163 e. The fourth-order valence-electron chi connectivity index (χ4n) is 5.27. The van der Waals surface area contributed by atoms with Gasteiger partial charge in [0.05, 0.1) is 24.5 Å². The van der Waals surface area contributed by atoms with Crippen molar-refractivity contribution in [3.8, 4) is 33.6 Å². The summed E-state index contributed by atoms with van der Waals surface area (Å²) in [5.74, 6) is 0.862. The third-order valence-electron chi connectivity index (χ3n) is 6.91. The van der Waals surface area contributed by atoms with Gasteiger partial charge in [-0.05, 0) is 44.7 Å². The Labute approximate surface area is 210 Å². The number of ether oxygens (including phenoxy) is 2. The maximum Gasteiger partial charge on any atom is 0.163 e. The summed E-state index contributed by atoms with van der Waals surface area (Å²) in [6.07, 6.45) is 12.7. The second-order valence-electron chi connectivity index (χ2n) is 10.2. The number of benzene rings is 1. The molecule has 4 aromatic rings. The number of nitrogens with one attached hydrogen (secondary N) is 1. The number of anilines is 1. The molecule has 1 saturated heterocycles. The van der Waals surface area contributed by atoms with Crippen molar-refractivity contribution in [2.75, 3.05) is 5.32 Å². The molecule has 9 nitrogen and oxygen atoms in total. The zero-order chi connectivity index (χ0) is 24.9. The maximum atomic E-state index is 6.32. The number of hydrogen-bond donors (Lipinski definition) is 1. The van der Waals surface area contributed by atoms with Gasteiger partial charge in [0.25, 0.3) is 0 Å². The van der Waals surface area contributed by atoms with E-state index in [-0.39, 0.29) is 18.2 Å². The van der Waals surface area contributed by atoms with Crippen LogP contribution in [0.5, 0.6) is 0 Å². The van der Waals surface area contributed by atoms with Crippen molar-refractivity contribution in [3.63, 3.8) is 0 Å². The molecule has 2 fully saturated rings. The maximum absolute atomic E-state index is 6.32. The van der Waals surface area contributed by atoms with Gasteiger partial charge in [0.15, 0.2) is 11.6 Å². The molecule has 186 valence electrons. The Morgan fingerprint density at radius 2 is 1.67 bits per heavy atom. The number of rotatable bonds is 5. The number of hydrogen-bond acceptors (Lipinski definition) is 7. The van der Waals surface area contributed by atoms with Gasteiger partial charge in [-0.25, -0.2) is 9.97 Å². The summed E-state index contributed by atoms with van der Waals surface area (Å²) in [6, 6.07) is 8.33. The number of aryl methyl sites for hydroxylation is 2. The average Bonchev–Trinajstić information content (AvgIpc) is 3.57. The highest BCUT2D eigenvalue weighted by atomic mass is 16.8. The van der Waals surface area contributed by atoms with E-state index in [1.165, 1.54) is 0 Å². The van der Waals surface area contributed by atoms with Crippen molar-refractivity contribution in [2.24, 2.45) is 14.1 Å². The van der Waals surface area contributed by atoms with Crippen LogP contribution in [0.1, 0.15) is 33.1 Å². The van der Waals surface area contributed by atoms with Gasteiger partial charge in [0.1, 0.15) is 11.9 Å². The minimum absolute atomic E-state index is 0.0252. The number of nitrogens with zero attached hydrogens (tertiary/aromatic N) is 6. The Balaban J connectivity index is 1.37. The van der Waals surface area contributed by atoms with Crippen LogP contribution in [0.3, 0.4) is 0 Å². The van der Waals surface area contributed by atoms with Crippen LogP contribution in [0.15, 0.2) is 55.2 Å². The normalized spacial score (nSPS) is 22.9. The van der Waals surface area contributed by atoms with Crippen molar-refractivity contribution >= 4 is 5.82 Å². The summed E-state index contributed by atoms with van der Waals surface area (Å²) in [6.45, 7) is 3.98. The standard InChI is InChI=1S/C27H31N7O2/c1-27(2)35-23-10-6-9-22(24(23)36-27)31-26-21(20-13-30-34(4)16-20)14-28-25(32-26)18-8-5-7-17(11-18)19-12-29-33(3)15-19/h5,7-8,11-16,22-24H,6,9-10H2,1-4H3,(H,28,31,32)/t22?,23-,24+/m0/s1. The van der Waals surface area contributed by atoms with Crippen LogP contribution in [0.4, 0.5) is 5.82 Å². The Morgan fingerprint density at radius 1 is 0.917 bits per heavy atom. The van der Waals surface area contributed by atoms with Gasteiger partial charge in [-0.1, -0.05) is 18.2 Å². The number of fused-ring (bicyclic) bond motifs is 1. The lowest BCUT2D eigenvalue weighted by atomic mass is 9.90. The molecule has 3 aromatic heterocycles. The van der Waals surface area contributed by atoms with E-state index in [2.05, 4.69) is 27.6 Å². The topological polar surface area (TPSA) is 91.9 Å². The van der Waals surface area contributed by atoms with Crippen LogP contribution in [0.25, 0.3) is 33.6 Å². The van der Waals surface area contributed by atoms with Crippen LogP contribution in [0, 0.1) is 0 Å². The molecular weight excluding hydrogens is 454 g/mol. The van der Waals surface area contributed by atoms with Gasteiger partial charge in [0, 0.05) is 54.9 Å². The fraction of sp³-hybridized carbons (Fsp3) is 0.407. The molecule has 36 heavy (non-hydrogen) atoms. The molecule has 1 aromatic carbocycles. The van der Waals surface area contributed by atoms with E-state index in [9.17, 15) is 0 Å². The number of aromatic nitrogens is 6. The predicted molar refractivity (Wildman–Crippen MR) is 137 cm³/mol. The first-order chi connectivity index (χ1) is 17.3. The third kappa shape index (κ3) is 4.40. The SMILES string of the molecule is Cn1cc(-c2cccc(-c3ncc(-c4cnn(C)c4)c(NC4CCC[C@@H]5OC(C)(C)O[C@H]45)n3)c2)cn1.